The van der Waals surface area contributed by atoms with Gasteiger partial charge >= 0.3 is 0 Å². The van der Waals surface area contributed by atoms with Crippen molar-refractivity contribution in [3.05, 3.63) is 82.4 Å². The maximum absolute atomic E-state index is 13.2. The normalized spacial score (nSPS) is 11.7. The molecule has 0 N–H and O–H groups in total. The van der Waals surface area contributed by atoms with E-state index in [0.717, 1.165) is 17.5 Å². The molecule has 0 saturated carbocycles. The van der Waals surface area contributed by atoms with E-state index in [0.29, 0.717) is 40.1 Å². The van der Waals surface area contributed by atoms with Gasteiger partial charge < -0.3 is 18.9 Å². The smallest absolute Gasteiger partial charge is 0.176 e. The third-order valence-electron chi connectivity index (χ3n) is 5.93. The van der Waals surface area contributed by atoms with Gasteiger partial charge in [-0.25, -0.2) is 0 Å². The molecule has 1 atom stereocenters. The summed E-state index contributed by atoms with van der Waals surface area (Å²) in [7, 11) is 6.46. The zero-order valence-corrected chi connectivity index (χ0v) is 21.6. The molecular formula is C28H32ClNO5. The summed E-state index contributed by atoms with van der Waals surface area (Å²) in [5, 5.41) is 0.542. The first-order valence-electron chi connectivity index (χ1n) is 11.3. The number of carbonyl (C=O) groups is 1. The van der Waals surface area contributed by atoms with E-state index in [1.165, 1.54) is 0 Å². The fraction of sp³-hybridized carbons (Fsp3) is 0.321. The summed E-state index contributed by atoms with van der Waals surface area (Å²) >= 11 is 6.13. The molecule has 3 aromatic carbocycles. The number of halogens is 1. The highest BCUT2D eigenvalue weighted by atomic mass is 35.5. The molecule has 0 aliphatic carbocycles. The Morgan fingerprint density at radius 1 is 0.800 bits per heavy atom. The number of ether oxygens (including phenoxy) is 4. The van der Waals surface area contributed by atoms with Crippen molar-refractivity contribution < 1.29 is 23.7 Å². The van der Waals surface area contributed by atoms with Crippen molar-refractivity contribution in [2.75, 3.05) is 35.0 Å². The highest BCUT2D eigenvalue weighted by Crippen LogP contribution is 2.30. The molecule has 3 aromatic rings. The van der Waals surface area contributed by atoms with E-state index >= 15 is 0 Å². The zero-order valence-electron chi connectivity index (χ0n) is 20.8. The Labute approximate surface area is 212 Å². The maximum atomic E-state index is 13.2. The average molecular weight is 498 g/mol. The molecule has 0 amide bonds. The molecule has 3 rings (SSSR count). The van der Waals surface area contributed by atoms with Crippen LogP contribution in [0.4, 0.5) is 0 Å². The van der Waals surface area contributed by atoms with Crippen LogP contribution in [0.2, 0.25) is 5.02 Å². The van der Waals surface area contributed by atoms with Crippen molar-refractivity contribution in [3.8, 4) is 23.0 Å². The molecule has 0 bridgehead atoms. The van der Waals surface area contributed by atoms with Crippen molar-refractivity contribution in [1.82, 2.24) is 4.90 Å². The van der Waals surface area contributed by atoms with Crippen LogP contribution in [0.5, 0.6) is 23.0 Å². The van der Waals surface area contributed by atoms with Crippen LogP contribution in [0, 0.1) is 0 Å². The number of ketones is 1. The number of hydrogen-bond donors (Lipinski definition) is 0. The molecule has 0 spiro atoms. The number of hydrogen-bond acceptors (Lipinski definition) is 6. The average Bonchev–Trinajstić information content (AvgIpc) is 2.87. The molecule has 0 saturated heterocycles. The van der Waals surface area contributed by atoms with Gasteiger partial charge in [-0.3, -0.25) is 9.69 Å². The van der Waals surface area contributed by atoms with Crippen LogP contribution in [0.15, 0.2) is 60.7 Å². The lowest BCUT2D eigenvalue weighted by Crippen LogP contribution is -2.38. The van der Waals surface area contributed by atoms with Crippen molar-refractivity contribution >= 4 is 17.4 Å². The van der Waals surface area contributed by atoms with E-state index < -0.39 is 0 Å². The van der Waals surface area contributed by atoms with E-state index in [9.17, 15) is 4.79 Å². The summed E-state index contributed by atoms with van der Waals surface area (Å²) in [5.41, 5.74) is 2.69. The van der Waals surface area contributed by atoms with E-state index in [1.807, 2.05) is 36.4 Å². The quantitative estimate of drug-likeness (QED) is 0.300. The Morgan fingerprint density at radius 3 is 1.94 bits per heavy atom. The number of Topliss-reactive ketones (excluding diaryl/α,β-unsaturated/α-hetero) is 1. The second-order valence-corrected chi connectivity index (χ2v) is 8.71. The van der Waals surface area contributed by atoms with E-state index in [1.54, 1.807) is 52.7 Å². The van der Waals surface area contributed by atoms with Crippen molar-refractivity contribution in [2.24, 2.45) is 0 Å². The summed E-state index contributed by atoms with van der Waals surface area (Å²) in [6, 6.07) is 18.8. The lowest BCUT2D eigenvalue weighted by molar-refractivity contribution is 0.0889. The molecule has 0 radical (unpaired) electrons. The minimum Gasteiger partial charge on any atom is -0.493 e. The van der Waals surface area contributed by atoms with Crippen LogP contribution in [0.1, 0.15) is 28.4 Å². The predicted molar refractivity (Wildman–Crippen MR) is 138 cm³/mol. The summed E-state index contributed by atoms with van der Waals surface area (Å²) in [4.78, 5) is 15.3. The third-order valence-corrected chi connectivity index (χ3v) is 6.16. The van der Waals surface area contributed by atoms with Gasteiger partial charge in [0.05, 0.1) is 35.0 Å². The zero-order chi connectivity index (χ0) is 25.4. The SMILES string of the molecule is COc1ccc(C[C@@H](C)N(CC(=O)c2cccc(Cl)c2)Cc2ccc(OC)c(OC)c2)cc1OC. The Balaban J connectivity index is 1.87. The third kappa shape index (κ3) is 6.90. The summed E-state index contributed by atoms with van der Waals surface area (Å²) in [6.45, 7) is 2.91. The molecule has 186 valence electrons. The minimum atomic E-state index is 0.00661. The molecule has 0 aliphatic heterocycles. The van der Waals surface area contributed by atoms with E-state index in [2.05, 4.69) is 11.8 Å². The number of nitrogens with zero attached hydrogens (tertiary/aromatic N) is 1. The van der Waals surface area contributed by atoms with Crippen LogP contribution < -0.4 is 18.9 Å². The number of carbonyl (C=O) groups excluding carboxylic acids is 1. The molecule has 0 heterocycles. The molecule has 35 heavy (non-hydrogen) atoms. The monoisotopic (exact) mass is 497 g/mol. The number of benzene rings is 3. The largest absolute Gasteiger partial charge is 0.493 e. The van der Waals surface area contributed by atoms with Gasteiger partial charge in [0.2, 0.25) is 0 Å². The Hall–Kier alpha value is -3.22. The highest BCUT2D eigenvalue weighted by Gasteiger charge is 2.21. The Morgan fingerprint density at radius 2 is 1.37 bits per heavy atom. The van der Waals surface area contributed by atoms with Gasteiger partial charge in [0.1, 0.15) is 0 Å². The van der Waals surface area contributed by atoms with Crippen molar-refractivity contribution in [3.63, 3.8) is 0 Å². The maximum Gasteiger partial charge on any atom is 0.176 e. The lowest BCUT2D eigenvalue weighted by atomic mass is 10.0. The van der Waals surface area contributed by atoms with E-state index in [4.69, 9.17) is 30.5 Å². The lowest BCUT2D eigenvalue weighted by Gasteiger charge is -2.29. The molecule has 7 heteroatoms. The summed E-state index contributed by atoms with van der Waals surface area (Å²) < 4.78 is 21.7. The number of methoxy groups -OCH3 is 4. The highest BCUT2D eigenvalue weighted by molar-refractivity contribution is 6.31. The first-order chi connectivity index (χ1) is 16.9. The fourth-order valence-electron chi connectivity index (χ4n) is 4.00. The summed E-state index contributed by atoms with van der Waals surface area (Å²) in [6.07, 6.45) is 0.719. The van der Waals surface area contributed by atoms with Gasteiger partial charge in [0.25, 0.3) is 0 Å². The van der Waals surface area contributed by atoms with Gasteiger partial charge in [-0.15, -0.1) is 0 Å². The summed E-state index contributed by atoms with van der Waals surface area (Å²) in [5.74, 6) is 2.68. The van der Waals surface area contributed by atoms with Gasteiger partial charge in [-0.1, -0.05) is 35.9 Å². The number of rotatable bonds is 12. The molecule has 0 aliphatic rings. The molecule has 6 nitrogen and oxygen atoms in total. The van der Waals surface area contributed by atoms with Crippen LogP contribution >= 0.6 is 11.6 Å². The molecule has 0 fully saturated rings. The van der Waals surface area contributed by atoms with Crippen LogP contribution in [0.25, 0.3) is 0 Å². The fourth-order valence-corrected chi connectivity index (χ4v) is 4.19. The van der Waals surface area contributed by atoms with Crippen LogP contribution in [0.3, 0.4) is 0 Å². The minimum absolute atomic E-state index is 0.00661. The predicted octanol–water partition coefficient (Wildman–Crippen LogP) is 5.69. The Bertz CT molecular complexity index is 1150. The van der Waals surface area contributed by atoms with Crippen molar-refractivity contribution in [2.45, 2.75) is 25.9 Å². The van der Waals surface area contributed by atoms with Gasteiger partial charge in [-0.2, -0.15) is 0 Å². The topological polar surface area (TPSA) is 57.2 Å². The van der Waals surface area contributed by atoms with Gasteiger partial charge in [-0.05, 0) is 60.9 Å². The first kappa shape index (κ1) is 26.4. The van der Waals surface area contributed by atoms with E-state index in [-0.39, 0.29) is 18.4 Å². The standard InChI is InChI=1S/C28H32ClNO5/c1-19(13-20-9-11-25(32-2)27(14-20)34-4)30(18-24(31)22-7-6-8-23(29)16-22)17-21-10-12-26(33-3)28(15-21)35-5/h6-12,14-16,19H,13,17-18H2,1-5H3/t19-/m1/s1. The van der Waals surface area contributed by atoms with Crippen molar-refractivity contribution in [1.29, 1.82) is 0 Å². The molecular weight excluding hydrogens is 466 g/mol. The van der Waals surface area contributed by atoms with Gasteiger partial charge in [0.15, 0.2) is 28.8 Å². The first-order valence-corrected chi connectivity index (χ1v) is 11.7. The molecule has 0 unspecified atom stereocenters. The second-order valence-electron chi connectivity index (χ2n) is 8.27. The Kier molecular flexibility index (Phi) is 9.40. The van der Waals surface area contributed by atoms with Crippen LogP contribution in [-0.2, 0) is 13.0 Å². The molecule has 0 aromatic heterocycles. The van der Waals surface area contributed by atoms with Gasteiger partial charge in [0, 0.05) is 23.2 Å². The van der Waals surface area contributed by atoms with Crippen LogP contribution in [-0.4, -0.2) is 51.7 Å². The second kappa shape index (κ2) is 12.5.